The summed E-state index contributed by atoms with van der Waals surface area (Å²) >= 11 is 0. The number of hydrogen-bond donors (Lipinski definition) is 0. The van der Waals surface area contributed by atoms with E-state index in [1.807, 2.05) is 0 Å². The molecule has 23 heavy (non-hydrogen) atoms. The lowest BCUT2D eigenvalue weighted by Crippen LogP contribution is -1.84. The van der Waals surface area contributed by atoms with Crippen LogP contribution in [0.4, 0.5) is 0 Å². The highest BCUT2D eigenvalue weighted by Crippen LogP contribution is 2.16. The van der Waals surface area contributed by atoms with E-state index in [-0.39, 0.29) is 0 Å². The Morgan fingerprint density at radius 2 is 1.39 bits per heavy atom. The molecule has 0 atom stereocenters. The minimum absolute atomic E-state index is 1.15. The maximum absolute atomic E-state index is 2.38. The predicted octanol–water partition coefficient (Wildman–Crippen LogP) is 7.47. The summed E-state index contributed by atoms with van der Waals surface area (Å²) in [6.45, 7) is 2.28. The van der Waals surface area contributed by atoms with Crippen LogP contribution in [-0.4, -0.2) is 0 Å². The van der Waals surface area contributed by atoms with E-state index in [0.29, 0.717) is 0 Å². The lowest BCUT2D eigenvalue weighted by Gasteiger charge is -2.02. The fourth-order valence-electron chi connectivity index (χ4n) is 3.10. The smallest absolute Gasteiger partial charge is 0.0181 e. The molecule has 0 amide bonds. The third-order valence-corrected chi connectivity index (χ3v) is 4.55. The fraction of sp³-hybridized carbons (Fsp3) is 0.478. The average molecular weight is 309 g/mol. The molecule has 0 nitrogen and oxygen atoms in total. The molecule has 2 aromatic carbocycles. The Hall–Kier alpha value is -1.56. The quantitative estimate of drug-likeness (QED) is 0.298. The second-order valence-corrected chi connectivity index (χ2v) is 6.60. The van der Waals surface area contributed by atoms with Crippen molar-refractivity contribution in [2.45, 2.75) is 71.1 Å². The standard InChI is InChI=1S/C23H32/c1-2-3-4-5-6-7-8-9-10-11-12-15-21-18-19-22-16-13-14-17-23(22)20-21/h10-11,13-14,16-20H,2-9,12,15H2,1H3/b11-10+. The highest BCUT2D eigenvalue weighted by atomic mass is 14.0. The Balaban J connectivity index is 1.57. The zero-order chi connectivity index (χ0) is 16.2. The molecule has 2 rings (SSSR count). The van der Waals surface area contributed by atoms with Crippen molar-refractivity contribution in [2.24, 2.45) is 0 Å². The third-order valence-electron chi connectivity index (χ3n) is 4.55. The van der Waals surface area contributed by atoms with Crippen LogP contribution in [0.3, 0.4) is 0 Å². The molecule has 0 N–H and O–H groups in total. The maximum Gasteiger partial charge on any atom is -0.0181 e. The highest BCUT2D eigenvalue weighted by Gasteiger charge is 1.95. The monoisotopic (exact) mass is 308 g/mol. The molecule has 124 valence electrons. The van der Waals surface area contributed by atoms with Gasteiger partial charge in [0.1, 0.15) is 0 Å². The first kappa shape index (κ1) is 17.8. The summed E-state index contributed by atoms with van der Waals surface area (Å²) in [6, 6.07) is 15.5. The van der Waals surface area contributed by atoms with Gasteiger partial charge in [0.15, 0.2) is 0 Å². The van der Waals surface area contributed by atoms with Crippen LogP contribution in [-0.2, 0) is 6.42 Å². The van der Waals surface area contributed by atoms with E-state index in [4.69, 9.17) is 0 Å². The first-order valence-corrected chi connectivity index (χ1v) is 9.53. The van der Waals surface area contributed by atoms with Crippen LogP contribution in [0.2, 0.25) is 0 Å². The zero-order valence-corrected chi connectivity index (χ0v) is 14.8. The molecule has 0 radical (unpaired) electrons. The Kier molecular flexibility index (Phi) is 8.55. The molecule has 0 spiro atoms. The fourth-order valence-corrected chi connectivity index (χ4v) is 3.10. The molecule has 2 aromatic rings. The number of unbranched alkanes of at least 4 members (excludes halogenated alkanes) is 7. The van der Waals surface area contributed by atoms with Gasteiger partial charge in [0.2, 0.25) is 0 Å². The van der Waals surface area contributed by atoms with E-state index in [1.54, 1.807) is 0 Å². The van der Waals surface area contributed by atoms with Gasteiger partial charge in [-0.3, -0.25) is 0 Å². The van der Waals surface area contributed by atoms with Crippen molar-refractivity contribution in [2.75, 3.05) is 0 Å². The molecule has 0 heteroatoms. The van der Waals surface area contributed by atoms with Gasteiger partial charge in [-0.05, 0) is 42.0 Å². The van der Waals surface area contributed by atoms with Gasteiger partial charge in [-0.2, -0.15) is 0 Å². The summed E-state index contributed by atoms with van der Waals surface area (Å²) in [4.78, 5) is 0. The Morgan fingerprint density at radius 3 is 2.22 bits per heavy atom. The van der Waals surface area contributed by atoms with Gasteiger partial charge in [-0.1, -0.05) is 100 Å². The molecular formula is C23H32. The minimum Gasteiger partial charge on any atom is -0.0885 e. The van der Waals surface area contributed by atoms with E-state index >= 15 is 0 Å². The number of fused-ring (bicyclic) bond motifs is 1. The summed E-state index contributed by atoms with van der Waals surface area (Å²) in [7, 11) is 0. The molecular weight excluding hydrogens is 276 g/mol. The highest BCUT2D eigenvalue weighted by molar-refractivity contribution is 5.82. The minimum atomic E-state index is 1.15. The lowest BCUT2D eigenvalue weighted by molar-refractivity contribution is 0.592. The molecule has 0 aliphatic rings. The van der Waals surface area contributed by atoms with Crippen LogP contribution >= 0.6 is 0 Å². The number of aryl methyl sites for hydroxylation is 1. The Bertz CT molecular complexity index is 579. The van der Waals surface area contributed by atoms with Crippen molar-refractivity contribution in [3.8, 4) is 0 Å². The average Bonchev–Trinajstić information content (AvgIpc) is 2.59. The van der Waals surface area contributed by atoms with E-state index < -0.39 is 0 Å². The van der Waals surface area contributed by atoms with Crippen LogP contribution < -0.4 is 0 Å². The Labute approximate surface area is 142 Å². The second kappa shape index (κ2) is 11.0. The van der Waals surface area contributed by atoms with Gasteiger partial charge in [0, 0.05) is 0 Å². The first-order valence-electron chi connectivity index (χ1n) is 9.53. The first-order chi connectivity index (χ1) is 11.4. The van der Waals surface area contributed by atoms with Crippen molar-refractivity contribution in [1.29, 1.82) is 0 Å². The summed E-state index contributed by atoms with van der Waals surface area (Å²) < 4.78 is 0. The van der Waals surface area contributed by atoms with Crippen molar-refractivity contribution in [3.05, 3.63) is 60.2 Å². The van der Waals surface area contributed by atoms with Crippen LogP contribution in [0, 0.1) is 0 Å². The molecule has 0 aliphatic carbocycles. The van der Waals surface area contributed by atoms with Crippen LogP contribution in [0.25, 0.3) is 10.8 Å². The summed E-state index contributed by atoms with van der Waals surface area (Å²) in [6.07, 6.45) is 18.1. The summed E-state index contributed by atoms with van der Waals surface area (Å²) in [5.41, 5.74) is 1.45. The second-order valence-electron chi connectivity index (χ2n) is 6.60. The molecule has 0 unspecified atom stereocenters. The number of allylic oxidation sites excluding steroid dienone is 2. The molecule has 0 aromatic heterocycles. The third kappa shape index (κ3) is 7.03. The molecule has 0 aliphatic heterocycles. The molecule has 0 heterocycles. The zero-order valence-electron chi connectivity index (χ0n) is 14.8. The number of hydrogen-bond acceptors (Lipinski definition) is 0. The van der Waals surface area contributed by atoms with Crippen molar-refractivity contribution < 1.29 is 0 Å². The lowest BCUT2D eigenvalue weighted by atomic mass is 10.0. The summed E-state index contributed by atoms with van der Waals surface area (Å²) in [5, 5.41) is 2.70. The summed E-state index contributed by atoms with van der Waals surface area (Å²) in [5.74, 6) is 0. The van der Waals surface area contributed by atoms with E-state index in [9.17, 15) is 0 Å². The number of rotatable bonds is 11. The van der Waals surface area contributed by atoms with Gasteiger partial charge in [-0.15, -0.1) is 0 Å². The molecule has 0 saturated heterocycles. The largest absolute Gasteiger partial charge is 0.0885 e. The van der Waals surface area contributed by atoms with Gasteiger partial charge in [0.25, 0.3) is 0 Å². The topological polar surface area (TPSA) is 0 Å². The Morgan fingerprint density at radius 1 is 0.696 bits per heavy atom. The van der Waals surface area contributed by atoms with Crippen molar-refractivity contribution in [1.82, 2.24) is 0 Å². The molecule has 0 bridgehead atoms. The van der Waals surface area contributed by atoms with Gasteiger partial charge >= 0.3 is 0 Å². The van der Waals surface area contributed by atoms with Crippen molar-refractivity contribution in [3.63, 3.8) is 0 Å². The normalized spacial score (nSPS) is 11.5. The van der Waals surface area contributed by atoms with Gasteiger partial charge in [-0.25, -0.2) is 0 Å². The van der Waals surface area contributed by atoms with Gasteiger partial charge < -0.3 is 0 Å². The predicted molar refractivity (Wildman–Crippen MR) is 104 cm³/mol. The van der Waals surface area contributed by atoms with E-state index in [0.717, 1.165) is 12.8 Å². The molecule has 0 saturated carbocycles. The van der Waals surface area contributed by atoms with E-state index in [1.165, 1.54) is 67.7 Å². The van der Waals surface area contributed by atoms with E-state index in [2.05, 4.69) is 61.5 Å². The molecule has 0 fully saturated rings. The van der Waals surface area contributed by atoms with Crippen molar-refractivity contribution >= 4 is 10.8 Å². The SMILES string of the molecule is CCCCCCCCC/C=C/CCc1ccc2ccccc2c1. The number of benzene rings is 2. The van der Waals surface area contributed by atoms with Crippen LogP contribution in [0.1, 0.15) is 70.3 Å². The van der Waals surface area contributed by atoms with Crippen LogP contribution in [0.5, 0.6) is 0 Å². The maximum atomic E-state index is 2.38. The van der Waals surface area contributed by atoms with Crippen LogP contribution in [0.15, 0.2) is 54.6 Å². The van der Waals surface area contributed by atoms with Gasteiger partial charge in [0.05, 0.1) is 0 Å².